The Hall–Kier alpha value is -2.63. The summed E-state index contributed by atoms with van der Waals surface area (Å²) in [7, 11) is 1.81. The topological polar surface area (TPSA) is 67.2 Å². The molecule has 1 N–H and O–H groups in total. The lowest BCUT2D eigenvalue weighted by Gasteiger charge is -2.55. The van der Waals surface area contributed by atoms with E-state index in [1.807, 2.05) is 48.3 Å². The van der Waals surface area contributed by atoms with Gasteiger partial charge in [0.1, 0.15) is 0 Å². The molecule has 4 aliphatic rings. The van der Waals surface area contributed by atoms with Gasteiger partial charge in [0.2, 0.25) is 11.8 Å². The van der Waals surface area contributed by atoms with Gasteiger partial charge in [-0.1, -0.05) is 18.2 Å². The second-order valence-corrected chi connectivity index (χ2v) is 10.1. The molecule has 4 fully saturated rings. The Balaban J connectivity index is 1.10. The van der Waals surface area contributed by atoms with E-state index in [4.69, 9.17) is 0 Å². The molecule has 6 nitrogen and oxygen atoms in total. The maximum Gasteiger partial charge on any atom is 0.226 e. The lowest BCUT2D eigenvalue weighted by Crippen LogP contribution is -2.53. The summed E-state index contributed by atoms with van der Waals surface area (Å²) in [6.07, 6.45) is 11.3. The molecule has 164 valence electrons. The van der Waals surface area contributed by atoms with Gasteiger partial charge in [0.25, 0.3) is 0 Å². The van der Waals surface area contributed by atoms with Gasteiger partial charge in [-0.25, -0.2) is 4.68 Å². The van der Waals surface area contributed by atoms with Crippen molar-refractivity contribution in [2.45, 2.75) is 51.5 Å². The third kappa shape index (κ3) is 4.12. The molecule has 1 aromatic heterocycles. The van der Waals surface area contributed by atoms with Gasteiger partial charge in [0, 0.05) is 43.7 Å². The number of aromatic nitrogens is 2. The van der Waals surface area contributed by atoms with Crippen molar-refractivity contribution in [3.63, 3.8) is 0 Å². The average molecular weight is 421 g/mol. The van der Waals surface area contributed by atoms with E-state index in [-0.39, 0.29) is 17.2 Å². The first-order valence-corrected chi connectivity index (χ1v) is 11.6. The van der Waals surface area contributed by atoms with Crippen LogP contribution in [0.5, 0.6) is 0 Å². The molecule has 1 heterocycles. The largest absolute Gasteiger partial charge is 0.355 e. The summed E-state index contributed by atoms with van der Waals surface area (Å²) < 4.78 is 1.82. The summed E-state index contributed by atoms with van der Waals surface area (Å²) in [6.45, 7) is 0.932. The van der Waals surface area contributed by atoms with Crippen molar-refractivity contribution in [1.82, 2.24) is 20.0 Å². The number of benzene rings is 1. The summed E-state index contributed by atoms with van der Waals surface area (Å²) in [5.74, 6) is 2.49. The first kappa shape index (κ1) is 20.3. The zero-order chi connectivity index (χ0) is 21.4. The van der Waals surface area contributed by atoms with Crippen LogP contribution in [0, 0.1) is 23.2 Å². The monoisotopic (exact) mass is 420 g/mol. The molecule has 2 aromatic rings. The number of amides is 2. The van der Waals surface area contributed by atoms with Gasteiger partial charge >= 0.3 is 0 Å². The normalized spacial score (nSPS) is 28.5. The van der Waals surface area contributed by atoms with E-state index in [1.165, 1.54) is 19.3 Å². The van der Waals surface area contributed by atoms with Crippen molar-refractivity contribution in [2.24, 2.45) is 23.2 Å². The Morgan fingerprint density at radius 3 is 2.39 bits per heavy atom. The van der Waals surface area contributed by atoms with Gasteiger partial charge in [0.05, 0.1) is 11.9 Å². The molecule has 6 rings (SSSR count). The Morgan fingerprint density at radius 2 is 1.74 bits per heavy atom. The molecule has 1 aromatic carbocycles. The Labute approximate surface area is 184 Å². The van der Waals surface area contributed by atoms with Crippen LogP contribution in [0.25, 0.3) is 5.69 Å². The van der Waals surface area contributed by atoms with E-state index in [0.717, 1.165) is 48.3 Å². The highest BCUT2D eigenvalue weighted by atomic mass is 16.2. The van der Waals surface area contributed by atoms with E-state index >= 15 is 0 Å². The summed E-state index contributed by atoms with van der Waals surface area (Å²) in [4.78, 5) is 27.3. The molecule has 0 radical (unpaired) electrons. The summed E-state index contributed by atoms with van der Waals surface area (Å²) in [6, 6.07) is 9.92. The lowest BCUT2D eigenvalue weighted by molar-refractivity contribution is -0.146. The fourth-order valence-electron chi connectivity index (χ4n) is 6.58. The Kier molecular flexibility index (Phi) is 5.32. The van der Waals surface area contributed by atoms with Crippen LogP contribution in [0.3, 0.4) is 0 Å². The van der Waals surface area contributed by atoms with E-state index in [1.54, 1.807) is 11.1 Å². The maximum absolute atomic E-state index is 13.0. The fourth-order valence-corrected chi connectivity index (χ4v) is 6.58. The Bertz CT molecular complexity index is 916. The number of carbonyl (C=O) groups is 2. The van der Waals surface area contributed by atoms with Gasteiger partial charge in [-0.15, -0.1) is 0 Å². The van der Waals surface area contributed by atoms with Crippen LogP contribution in [0.2, 0.25) is 0 Å². The minimum Gasteiger partial charge on any atom is -0.355 e. The first-order valence-electron chi connectivity index (χ1n) is 11.6. The zero-order valence-corrected chi connectivity index (χ0v) is 18.3. The molecule has 31 heavy (non-hydrogen) atoms. The van der Waals surface area contributed by atoms with E-state index in [0.29, 0.717) is 19.5 Å². The number of carbonyl (C=O) groups excluding carboxylic acids is 2. The standard InChI is InChI=1S/C25H32N4O2/c1-28(16-21-15-27-29(17-21)22-5-3-2-4-6-22)23(30)7-8-26-24(31)25-12-18-9-19(13-25)11-20(10-18)14-25/h2-6,15,17-20H,7-14,16H2,1H3,(H,26,31). The van der Waals surface area contributed by atoms with E-state index < -0.39 is 0 Å². The van der Waals surface area contributed by atoms with Gasteiger partial charge in [0.15, 0.2) is 0 Å². The Morgan fingerprint density at radius 1 is 1.10 bits per heavy atom. The van der Waals surface area contributed by atoms with Crippen molar-refractivity contribution < 1.29 is 9.59 Å². The summed E-state index contributed by atoms with van der Waals surface area (Å²) >= 11 is 0. The van der Waals surface area contributed by atoms with Crippen LogP contribution in [0.1, 0.15) is 50.5 Å². The third-order valence-corrected chi connectivity index (χ3v) is 7.65. The van der Waals surface area contributed by atoms with Crippen LogP contribution in [0.15, 0.2) is 42.7 Å². The maximum atomic E-state index is 13.0. The number of para-hydroxylation sites is 1. The van der Waals surface area contributed by atoms with Gasteiger partial charge in [-0.3, -0.25) is 9.59 Å². The third-order valence-electron chi connectivity index (χ3n) is 7.65. The highest BCUT2D eigenvalue weighted by Gasteiger charge is 2.54. The van der Waals surface area contributed by atoms with Crippen molar-refractivity contribution in [3.8, 4) is 5.69 Å². The SMILES string of the molecule is CN(Cc1cnn(-c2ccccc2)c1)C(=O)CCNC(=O)C12CC3CC(CC(C3)C1)C2. The van der Waals surface area contributed by atoms with Crippen LogP contribution < -0.4 is 5.32 Å². The molecule has 4 aliphatic carbocycles. The van der Waals surface area contributed by atoms with Crippen LogP contribution in [0.4, 0.5) is 0 Å². The molecule has 0 spiro atoms. The van der Waals surface area contributed by atoms with Crippen molar-refractivity contribution in [2.75, 3.05) is 13.6 Å². The quantitative estimate of drug-likeness (QED) is 0.745. The summed E-state index contributed by atoms with van der Waals surface area (Å²) in [5.41, 5.74) is 1.84. The number of nitrogens with zero attached hydrogens (tertiary/aromatic N) is 3. The molecule has 2 amide bonds. The molecule has 4 bridgehead atoms. The lowest BCUT2D eigenvalue weighted by atomic mass is 9.49. The van der Waals surface area contributed by atoms with Gasteiger partial charge in [-0.2, -0.15) is 5.10 Å². The predicted octanol–water partition coefficient (Wildman–Crippen LogP) is 3.55. The molecule has 0 aliphatic heterocycles. The van der Waals surface area contributed by atoms with E-state index in [9.17, 15) is 9.59 Å². The minimum absolute atomic E-state index is 0.0401. The van der Waals surface area contributed by atoms with Crippen molar-refractivity contribution in [1.29, 1.82) is 0 Å². The van der Waals surface area contributed by atoms with Crippen LogP contribution in [-0.2, 0) is 16.1 Å². The van der Waals surface area contributed by atoms with Gasteiger partial charge < -0.3 is 10.2 Å². The second kappa shape index (κ2) is 8.13. The van der Waals surface area contributed by atoms with E-state index in [2.05, 4.69) is 10.4 Å². The minimum atomic E-state index is -0.143. The number of nitrogens with one attached hydrogen (secondary N) is 1. The van der Waals surface area contributed by atoms with Crippen molar-refractivity contribution in [3.05, 3.63) is 48.3 Å². The van der Waals surface area contributed by atoms with Gasteiger partial charge in [-0.05, 0) is 68.4 Å². The first-order chi connectivity index (χ1) is 15.0. The number of hydrogen-bond acceptors (Lipinski definition) is 3. The number of hydrogen-bond donors (Lipinski definition) is 1. The molecular weight excluding hydrogens is 388 g/mol. The molecule has 0 atom stereocenters. The van der Waals surface area contributed by atoms with Crippen LogP contribution in [-0.4, -0.2) is 40.1 Å². The van der Waals surface area contributed by atoms with Crippen LogP contribution >= 0.6 is 0 Å². The molecule has 6 heteroatoms. The van der Waals surface area contributed by atoms with Crippen molar-refractivity contribution >= 4 is 11.8 Å². The predicted molar refractivity (Wildman–Crippen MR) is 118 cm³/mol. The summed E-state index contributed by atoms with van der Waals surface area (Å²) in [5, 5.41) is 7.51. The second-order valence-electron chi connectivity index (χ2n) is 10.1. The molecule has 4 saturated carbocycles. The molecule has 0 saturated heterocycles. The number of rotatable bonds is 7. The smallest absolute Gasteiger partial charge is 0.226 e. The molecular formula is C25H32N4O2. The highest BCUT2D eigenvalue weighted by Crippen LogP contribution is 2.60. The molecule has 0 unspecified atom stereocenters. The fraction of sp³-hybridized carbons (Fsp3) is 0.560. The average Bonchev–Trinajstić information content (AvgIpc) is 3.21. The highest BCUT2D eigenvalue weighted by molar-refractivity contribution is 5.84. The zero-order valence-electron chi connectivity index (χ0n) is 18.3.